The second-order valence-corrected chi connectivity index (χ2v) is 5.77. The Balaban J connectivity index is 1.62. The Morgan fingerprint density at radius 1 is 1.38 bits per heavy atom. The molecule has 0 aliphatic carbocycles. The molecule has 1 atom stereocenters. The Labute approximate surface area is 125 Å². The zero-order valence-corrected chi connectivity index (χ0v) is 12.7. The highest BCUT2D eigenvalue weighted by atomic mass is 16.5. The monoisotopic (exact) mass is 293 g/mol. The molecule has 116 valence electrons. The van der Waals surface area contributed by atoms with Crippen LogP contribution in [0.3, 0.4) is 0 Å². The van der Waals surface area contributed by atoms with E-state index in [-0.39, 0.29) is 6.03 Å². The van der Waals surface area contributed by atoms with E-state index in [9.17, 15) is 4.79 Å². The largest absolute Gasteiger partial charge is 0.383 e. The van der Waals surface area contributed by atoms with Gasteiger partial charge in [0.2, 0.25) is 0 Å². The lowest BCUT2D eigenvalue weighted by molar-refractivity contribution is 0.158. The maximum absolute atomic E-state index is 12.0. The molecule has 7 nitrogen and oxygen atoms in total. The van der Waals surface area contributed by atoms with Crippen molar-refractivity contribution in [2.24, 2.45) is 0 Å². The Hall–Kier alpha value is -1.60. The number of hydrogen-bond acceptors (Lipinski definition) is 4. The van der Waals surface area contributed by atoms with E-state index in [1.807, 2.05) is 17.9 Å². The Morgan fingerprint density at radius 3 is 2.95 bits per heavy atom. The van der Waals surface area contributed by atoms with Gasteiger partial charge in [0.05, 0.1) is 24.5 Å². The van der Waals surface area contributed by atoms with Crippen LogP contribution in [-0.2, 0) is 4.74 Å². The van der Waals surface area contributed by atoms with Crippen LogP contribution in [0, 0.1) is 0 Å². The summed E-state index contributed by atoms with van der Waals surface area (Å²) < 4.78 is 7.13. The molecule has 1 unspecified atom stereocenters. The van der Waals surface area contributed by atoms with Gasteiger partial charge in [-0.2, -0.15) is 5.10 Å². The van der Waals surface area contributed by atoms with Crippen LogP contribution < -0.4 is 4.90 Å². The molecule has 0 radical (unpaired) electrons. The fourth-order valence-electron chi connectivity index (χ4n) is 3.01. The van der Waals surface area contributed by atoms with Crippen LogP contribution in [0.2, 0.25) is 0 Å². The van der Waals surface area contributed by atoms with Crippen molar-refractivity contribution in [3.05, 3.63) is 12.4 Å². The normalized spacial score (nSPS) is 23.5. The molecule has 2 aliphatic rings. The minimum atomic E-state index is 0.0580. The van der Waals surface area contributed by atoms with E-state index < -0.39 is 0 Å². The van der Waals surface area contributed by atoms with Crippen molar-refractivity contribution < 1.29 is 9.53 Å². The van der Waals surface area contributed by atoms with Gasteiger partial charge in [0, 0.05) is 53.1 Å². The Bertz CT molecular complexity index is 503. The molecular weight excluding hydrogens is 270 g/mol. The molecule has 0 aromatic carbocycles. The minimum Gasteiger partial charge on any atom is -0.383 e. The number of aromatic nitrogens is 2. The first-order chi connectivity index (χ1) is 10.2. The lowest BCUT2D eigenvalue weighted by atomic mass is 10.3. The zero-order valence-electron chi connectivity index (χ0n) is 12.7. The standard InChI is InChI=1S/C14H23N5O2/c1-16-5-6-18(14(16)20)13-9-15-19(11-13)12-3-4-17(10-12)7-8-21-2/h9,11-12H,3-8,10H2,1-2H3. The fraction of sp³-hybridized carbons (Fsp3) is 0.714. The van der Waals surface area contributed by atoms with Crippen LogP contribution in [0.15, 0.2) is 12.4 Å². The molecule has 0 saturated carbocycles. The SMILES string of the molecule is COCCN1CCC(n2cc(N3CCN(C)C3=O)cn2)C1. The molecule has 3 heterocycles. The van der Waals surface area contributed by atoms with E-state index >= 15 is 0 Å². The summed E-state index contributed by atoms with van der Waals surface area (Å²) in [6, 6.07) is 0.453. The summed E-state index contributed by atoms with van der Waals surface area (Å²) in [4.78, 5) is 17.9. The van der Waals surface area contributed by atoms with Gasteiger partial charge >= 0.3 is 6.03 Å². The molecule has 2 amide bonds. The van der Waals surface area contributed by atoms with E-state index in [1.54, 1.807) is 23.1 Å². The fourth-order valence-corrected chi connectivity index (χ4v) is 3.01. The lowest BCUT2D eigenvalue weighted by Crippen LogP contribution is -2.28. The molecule has 3 rings (SSSR count). The second kappa shape index (κ2) is 6.03. The van der Waals surface area contributed by atoms with Crippen LogP contribution in [0.25, 0.3) is 0 Å². The van der Waals surface area contributed by atoms with E-state index in [0.29, 0.717) is 6.04 Å². The highest BCUT2D eigenvalue weighted by Gasteiger charge is 2.29. The number of rotatable bonds is 5. The topological polar surface area (TPSA) is 53.8 Å². The highest BCUT2D eigenvalue weighted by Crippen LogP contribution is 2.24. The number of methoxy groups -OCH3 is 1. The molecule has 0 N–H and O–H groups in total. The van der Waals surface area contributed by atoms with Gasteiger partial charge in [-0.3, -0.25) is 14.5 Å². The van der Waals surface area contributed by atoms with Gasteiger partial charge in [-0.25, -0.2) is 4.79 Å². The van der Waals surface area contributed by atoms with E-state index in [0.717, 1.165) is 51.4 Å². The van der Waals surface area contributed by atoms with Gasteiger partial charge < -0.3 is 9.64 Å². The number of urea groups is 1. The van der Waals surface area contributed by atoms with Gasteiger partial charge in [0.1, 0.15) is 0 Å². The number of hydrogen-bond donors (Lipinski definition) is 0. The van der Waals surface area contributed by atoms with Gasteiger partial charge in [-0.05, 0) is 6.42 Å². The van der Waals surface area contributed by atoms with E-state index in [1.165, 1.54) is 0 Å². The summed E-state index contributed by atoms with van der Waals surface area (Å²) in [5.41, 5.74) is 0.902. The molecule has 7 heteroatoms. The molecule has 0 bridgehead atoms. The van der Waals surface area contributed by atoms with Gasteiger partial charge in [0.15, 0.2) is 0 Å². The predicted molar refractivity (Wildman–Crippen MR) is 79.6 cm³/mol. The zero-order chi connectivity index (χ0) is 14.8. The molecule has 0 spiro atoms. The van der Waals surface area contributed by atoms with Crippen LogP contribution in [-0.4, -0.2) is 79.1 Å². The second-order valence-electron chi connectivity index (χ2n) is 5.77. The first-order valence-corrected chi connectivity index (χ1v) is 7.47. The lowest BCUT2D eigenvalue weighted by Gasteiger charge is -2.16. The van der Waals surface area contributed by atoms with Crippen molar-refractivity contribution in [2.45, 2.75) is 12.5 Å². The number of nitrogens with zero attached hydrogens (tertiary/aromatic N) is 5. The Morgan fingerprint density at radius 2 is 2.24 bits per heavy atom. The third-order valence-electron chi connectivity index (χ3n) is 4.35. The number of carbonyl (C=O) groups is 1. The maximum Gasteiger partial charge on any atom is 0.324 e. The van der Waals surface area contributed by atoms with Gasteiger partial charge in [-0.1, -0.05) is 0 Å². The van der Waals surface area contributed by atoms with Crippen molar-refractivity contribution in [3.63, 3.8) is 0 Å². The average Bonchev–Trinajstić information content (AvgIpc) is 3.18. The summed E-state index contributed by atoms with van der Waals surface area (Å²) in [6.07, 6.45) is 4.90. The smallest absolute Gasteiger partial charge is 0.324 e. The van der Waals surface area contributed by atoms with Crippen LogP contribution in [0.1, 0.15) is 12.5 Å². The van der Waals surface area contributed by atoms with Crippen LogP contribution >= 0.6 is 0 Å². The summed E-state index contributed by atoms with van der Waals surface area (Å²) in [5, 5.41) is 4.46. The van der Waals surface area contributed by atoms with Crippen molar-refractivity contribution in [1.82, 2.24) is 19.6 Å². The summed E-state index contributed by atoms with van der Waals surface area (Å²) in [7, 11) is 3.56. The minimum absolute atomic E-state index is 0.0580. The third kappa shape index (κ3) is 2.89. The van der Waals surface area contributed by atoms with E-state index in [2.05, 4.69) is 10.00 Å². The van der Waals surface area contributed by atoms with E-state index in [4.69, 9.17) is 4.74 Å². The van der Waals surface area contributed by atoms with Crippen molar-refractivity contribution in [2.75, 3.05) is 58.4 Å². The maximum atomic E-state index is 12.0. The first-order valence-electron chi connectivity index (χ1n) is 7.47. The van der Waals surface area contributed by atoms with Crippen molar-refractivity contribution >= 4 is 11.7 Å². The molecule has 2 fully saturated rings. The summed E-state index contributed by atoms with van der Waals surface area (Å²) in [5.74, 6) is 0. The number of ether oxygens (including phenoxy) is 1. The number of anilines is 1. The number of carbonyl (C=O) groups excluding carboxylic acids is 1. The molecule has 2 aliphatic heterocycles. The van der Waals surface area contributed by atoms with Gasteiger partial charge in [0.25, 0.3) is 0 Å². The molecule has 21 heavy (non-hydrogen) atoms. The number of likely N-dealkylation sites (tertiary alicyclic amines) is 1. The molecule has 2 saturated heterocycles. The third-order valence-corrected chi connectivity index (χ3v) is 4.35. The highest BCUT2D eigenvalue weighted by molar-refractivity contribution is 5.93. The van der Waals surface area contributed by atoms with Crippen molar-refractivity contribution in [3.8, 4) is 0 Å². The number of likely N-dealkylation sites (N-methyl/N-ethyl adjacent to an activating group) is 1. The molecule has 1 aromatic heterocycles. The van der Waals surface area contributed by atoms with Crippen LogP contribution in [0.5, 0.6) is 0 Å². The molecule has 1 aromatic rings. The number of amides is 2. The first kappa shape index (κ1) is 14.3. The predicted octanol–water partition coefficient (Wildman–Crippen LogP) is 0.648. The molecular formula is C14H23N5O2. The van der Waals surface area contributed by atoms with Gasteiger partial charge in [-0.15, -0.1) is 0 Å². The Kier molecular flexibility index (Phi) is 4.12. The van der Waals surface area contributed by atoms with Crippen LogP contribution in [0.4, 0.5) is 10.5 Å². The average molecular weight is 293 g/mol. The summed E-state index contributed by atoms with van der Waals surface area (Å²) in [6.45, 7) is 5.33. The van der Waals surface area contributed by atoms with Crippen molar-refractivity contribution in [1.29, 1.82) is 0 Å². The summed E-state index contributed by atoms with van der Waals surface area (Å²) >= 11 is 0. The quantitative estimate of drug-likeness (QED) is 0.800.